The van der Waals surface area contributed by atoms with Crippen molar-refractivity contribution in [2.45, 2.75) is 62.3 Å². The van der Waals surface area contributed by atoms with E-state index in [4.69, 9.17) is 5.11 Å². The van der Waals surface area contributed by atoms with Crippen LogP contribution in [0.2, 0.25) is 0 Å². The third-order valence-corrected chi connectivity index (χ3v) is 7.26. The fourth-order valence-electron chi connectivity index (χ4n) is 3.71. The molecular formula is C15H26N2O5S. The number of nitrogens with zero attached hydrogens (tertiary/aromatic N) is 1. The number of nitrogens with one attached hydrogen (secondary N) is 1. The number of carboxylic acids is 1. The van der Waals surface area contributed by atoms with Crippen LogP contribution in [-0.4, -0.2) is 66.5 Å². The largest absolute Gasteiger partial charge is 0.480 e. The summed E-state index contributed by atoms with van der Waals surface area (Å²) in [5.74, 6) is -1.23. The van der Waals surface area contributed by atoms with Crippen LogP contribution in [0.5, 0.6) is 0 Å². The molecule has 2 N–H and O–H groups in total. The lowest BCUT2D eigenvalue weighted by Crippen LogP contribution is -2.59. The van der Waals surface area contributed by atoms with Gasteiger partial charge in [0.2, 0.25) is 5.91 Å². The second-order valence-electron chi connectivity index (χ2n) is 6.73. The molecule has 0 heterocycles. The first-order valence-corrected chi connectivity index (χ1v) is 10.0. The Morgan fingerprint density at radius 2 is 1.83 bits per heavy atom. The van der Waals surface area contributed by atoms with Crippen LogP contribution in [-0.2, 0) is 19.4 Å². The molecule has 23 heavy (non-hydrogen) atoms. The zero-order chi connectivity index (χ0) is 17.3. The van der Waals surface area contributed by atoms with Crippen molar-refractivity contribution in [1.82, 2.24) is 10.2 Å². The van der Waals surface area contributed by atoms with Gasteiger partial charge in [-0.25, -0.2) is 8.42 Å². The number of carbonyl (C=O) groups is 2. The molecule has 132 valence electrons. The summed E-state index contributed by atoms with van der Waals surface area (Å²) in [6, 6.07) is 0.0775. The SMILES string of the molecule is CCN(CC(=O)O)C1CC(NC(=O)C2(S(C)(=O)=O)CCCC2)C1. The minimum atomic E-state index is -3.44. The maximum atomic E-state index is 12.5. The number of carboxylic acid groups (broad SMARTS) is 1. The van der Waals surface area contributed by atoms with Gasteiger partial charge < -0.3 is 10.4 Å². The molecule has 2 saturated carbocycles. The van der Waals surface area contributed by atoms with Gasteiger partial charge in [0, 0.05) is 18.3 Å². The fraction of sp³-hybridized carbons (Fsp3) is 0.867. The summed E-state index contributed by atoms with van der Waals surface area (Å²) >= 11 is 0. The van der Waals surface area contributed by atoms with Gasteiger partial charge in [-0.05, 0) is 32.2 Å². The van der Waals surface area contributed by atoms with Gasteiger partial charge in [0.05, 0.1) is 6.54 Å². The lowest BCUT2D eigenvalue weighted by atomic mass is 9.85. The van der Waals surface area contributed by atoms with E-state index >= 15 is 0 Å². The van der Waals surface area contributed by atoms with E-state index in [-0.39, 0.29) is 24.5 Å². The van der Waals surface area contributed by atoms with E-state index in [0.717, 1.165) is 19.1 Å². The Morgan fingerprint density at radius 3 is 2.26 bits per heavy atom. The van der Waals surface area contributed by atoms with Crippen LogP contribution in [0.25, 0.3) is 0 Å². The van der Waals surface area contributed by atoms with Gasteiger partial charge in [-0.3, -0.25) is 14.5 Å². The molecule has 1 amide bonds. The molecule has 2 aliphatic rings. The van der Waals surface area contributed by atoms with Gasteiger partial charge in [-0.1, -0.05) is 19.8 Å². The van der Waals surface area contributed by atoms with E-state index in [2.05, 4.69) is 5.32 Å². The summed E-state index contributed by atoms with van der Waals surface area (Å²) in [6.07, 6.45) is 4.81. The van der Waals surface area contributed by atoms with Crippen LogP contribution in [0.4, 0.5) is 0 Å². The first-order chi connectivity index (χ1) is 10.7. The average molecular weight is 346 g/mol. The predicted octanol–water partition coefficient (Wildman–Crippen LogP) is 0.398. The smallest absolute Gasteiger partial charge is 0.317 e. The molecule has 0 unspecified atom stereocenters. The summed E-state index contributed by atoms with van der Waals surface area (Å²) in [6.45, 7) is 2.55. The molecular weight excluding hydrogens is 320 g/mol. The molecule has 7 nitrogen and oxygen atoms in total. The highest BCUT2D eigenvalue weighted by molar-refractivity contribution is 7.92. The van der Waals surface area contributed by atoms with Gasteiger partial charge in [-0.15, -0.1) is 0 Å². The quantitative estimate of drug-likeness (QED) is 0.691. The molecule has 0 bridgehead atoms. The summed E-state index contributed by atoms with van der Waals surface area (Å²) < 4.78 is 22.9. The standard InChI is InChI=1S/C15H26N2O5S/c1-3-17(10-13(18)19)12-8-11(9-12)16-14(20)15(23(2,21)22)6-4-5-7-15/h11-12H,3-10H2,1-2H3,(H,16,20)(H,18,19). The van der Waals surface area contributed by atoms with Crippen molar-refractivity contribution in [2.24, 2.45) is 0 Å². The van der Waals surface area contributed by atoms with Crippen LogP contribution in [0, 0.1) is 0 Å². The topological polar surface area (TPSA) is 104 Å². The Bertz CT molecular complexity index is 562. The third kappa shape index (κ3) is 3.68. The summed E-state index contributed by atoms with van der Waals surface area (Å²) in [7, 11) is -3.44. The molecule has 0 aromatic rings. The molecule has 2 rings (SSSR count). The van der Waals surface area contributed by atoms with Crippen molar-refractivity contribution in [3.05, 3.63) is 0 Å². The normalized spacial score (nSPS) is 26.7. The molecule has 0 radical (unpaired) electrons. The Balaban J connectivity index is 1.92. The minimum absolute atomic E-state index is 0.00485. The molecule has 2 aliphatic carbocycles. The zero-order valence-corrected chi connectivity index (χ0v) is 14.6. The highest BCUT2D eigenvalue weighted by Gasteiger charge is 2.51. The molecule has 0 aromatic carbocycles. The van der Waals surface area contributed by atoms with E-state index in [9.17, 15) is 18.0 Å². The first-order valence-electron chi connectivity index (χ1n) is 8.16. The highest BCUT2D eigenvalue weighted by atomic mass is 32.2. The van der Waals surface area contributed by atoms with Crippen LogP contribution in [0.1, 0.15) is 45.4 Å². The fourth-order valence-corrected chi connectivity index (χ4v) is 5.13. The Hall–Kier alpha value is -1.15. The van der Waals surface area contributed by atoms with Gasteiger partial charge in [0.1, 0.15) is 4.75 Å². The maximum Gasteiger partial charge on any atom is 0.317 e. The Labute approximate surface area is 137 Å². The summed E-state index contributed by atoms with van der Waals surface area (Å²) in [5, 5.41) is 11.8. The lowest BCUT2D eigenvalue weighted by Gasteiger charge is -2.43. The number of amides is 1. The molecule has 2 fully saturated rings. The van der Waals surface area contributed by atoms with Gasteiger partial charge in [0.25, 0.3) is 0 Å². The summed E-state index contributed by atoms with van der Waals surface area (Å²) in [4.78, 5) is 25.2. The van der Waals surface area contributed by atoms with Crippen LogP contribution >= 0.6 is 0 Å². The van der Waals surface area contributed by atoms with Crippen molar-refractivity contribution in [3.63, 3.8) is 0 Å². The highest BCUT2D eigenvalue weighted by Crippen LogP contribution is 2.37. The van der Waals surface area contributed by atoms with E-state index in [0.29, 0.717) is 32.2 Å². The van der Waals surface area contributed by atoms with E-state index in [1.807, 2.05) is 11.8 Å². The number of likely N-dealkylation sites (N-methyl/N-ethyl adjacent to an activating group) is 1. The maximum absolute atomic E-state index is 12.5. The zero-order valence-electron chi connectivity index (χ0n) is 13.7. The number of carbonyl (C=O) groups excluding carboxylic acids is 1. The minimum Gasteiger partial charge on any atom is -0.480 e. The predicted molar refractivity (Wildman–Crippen MR) is 85.9 cm³/mol. The van der Waals surface area contributed by atoms with Crippen LogP contribution in [0.15, 0.2) is 0 Å². The van der Waals surface area contributed by atoms with E-state index in [1.54, 1.807) is 0 Å². The van der Waals surface area contributed by atoms with E-state index < -0.39 is 20.6 Å². The molecule has 0 aliphatic heterocycles. The first kappa shape index (κ1) is 18.2. The molecule has 0 atom stereocenters. The molecule has 8 heteroatoms. The van der Waals surface area contributed by atoms with Crippen molar-refractivity contribution < 1.29 is 23.1 Å². The Kier molecular flexibility index (Phi) is 5.35. The third-order valence-electron chi connectivity index (χ3n) is 5.24. The molecule has 0 aromatic heterocycles. The number of sulfone groups is 1. The number of aliphatic carboxylic acids is 1. The van der Waals surface area contributed by atoms with Gasteiger partial charge in [0.15, 0.2) is 9.84 Å². The van der Waals surface area contributed by atoms with Crippen molar-refractivity contribution >= 4 is 21.7 Å². The number of hydrogen-bond acceptors (Lipinski definition) is 5. The molecule has 0 saturated heterocycles. The lowest BCUT2D eigenvalue weighted by molar-refractivity contribution is -0.140. The average Bonchev–Trinajstić information content (AvgIpc) is 2.90. The van der Waals surface area contributed by atoms with Gasteiger partial charge in [-0.2, -0.15) is 0 Å². The monoisotopic (exact) mass is 346 g/mol. The van der Waals surface area contributed by atoms with Crippen molar-refractivity contribution in [3.8, 4) is 0 Å². The Morgan fingerprint density at radius 1 is 1.26 bits per heavy atom. The van der Waals surface area contributed by atoms with Gasteiger partial charge >= 0.3 is 5.97 Å². The molecule has 0 spiro atoms. The van der Waals surface area contributed by atoms with Crippen LogP contribution < -0.4 is 5.32 Å². The second-order valence-corrected chi connectivity index (χ2v) is 9.05. The van der Waals surface area contributed by atoms with Crippen molar-refractivity contribution in [1.29, 1.82) is 0 Å². The number of hydrogen-bond donors (Lipinski definition) is 2. The summed E-state index contributed by atoms with van der Waals surface area (Å²) in [5.41, 5.74) is 0. The van der Waals surface area contributed by atoms with Crippen LogP contribution in [0.3, 0.4) is 0 Å². The van der Waals surface area contributed by atoms with Crippen molar-refractivity contribution in [2.75, 3.05) is 19.3 Å². The second kappa shape index (κ2) is 6.76. The number of rotatable bonds is 7. The van der Waals surface area contributed by atoms with E-state index in [1.165, 1.54) is 0 Å².